The lowest BCUT2D eigenvalue weighted by Gasteiger charge is -2.29. The van der Waals surface area contributed by atoms with Crippen LogP contribution in [0.3, 0.4) is 0 Å². The lowest BCUT2D eigenvalue weighted by Crippen LogP contribution is -2.52. The first-order valence-electron chi connectivity index (χ1n) is 9.13. The van der Waals surface area contributed by atoms with Crippen molar-refractivity contribution in [3.63, 3.8) is 0 Å². The van der Waals surface area contributed by atoms with E-state index in [-0.39, 0.29) is 36.8 Å². The van der Waals surface area contributed by atoms with E-state index in [4.69, 9.17) is 0 Å². The molecule has 0 aromatic heterocycles. The van der Waals surface area contributed by atoms with Gasteiger partial charge in [-0.15, -0.1) is 0 Å². The van der Waals surface area contributed by atoms with Gasteiger partial charge in [0.25, 0.3) is 11.8 Å². The first kappa shape index (κ1) is 19.5. The summed E-state index contributed by atoms with van der Waals surface area (Å²) in [6.45, 7) is 1.98. The van der Waals surface area contributed by atoms with Gasteiger partial charge in [-0.2, -0.15) is 0 Å². The molecule has 4 amide bonds. The van der Waals surface area contributed by atoms with Crippen molar-refractivity contribution in [1.29, 1.82) is 0 Å². The molecule has 2 aliphatic heterocycles. The smallest absolute Gasteiger partial charge is 0.326 e. The highest BCUT2D eigenvalue weighted by atomic mass is 16.4. The number of amides is 4. The Hall–Kier alpha value is -3.23. The number of nitrogens with zero attached hydrogens (tertiary/aromatic N) is 1. The van der Waals surface area contributed by atoms with Gasteiger partial charge in [-0.05, 0) is 36.6 Å². The Balaban J connectivity index is 1.76. The van der Waals surface area contributed by atoms with Crippen LogP contribution in [0.15, 0.2) is 18.2 Å². The molecule has 1 unspecified atom stereocenters. The van der Waals surface area contributed by atoms with E-state index in [1.807, 2.05) is 6.92 Å². The van der Waals surface area contributed by atoms with Crippen LogP contribution in [0.4, 0.5) is 0 Å². The fraction of sp³-hybridized carbons (Fsp3) is 0.421. The molecule has 0 saturated carbocycles. The number of benzene rings is 1. The lowest BCUT2D eigenvalue weighted by molar-refractivity contribution is -0.139. The zero-order chi connectivity index (χ0) is 20.4. The summed E-state index contributed by atoms with van der Waals surface area (Å²) >= 11 is 0. The van der Waals surface area contributed by atoms with Crippen molar-refractivity contribution in [3.8, 4) is 0 Å². The van der Waals surface area contributed by atoms with Crippen LogP contribution < -0.4 is 10.6 Å². The van der Waals surface area contributed by atoms with E-state index >= 15 is 0 Å². The summed E-state index contributed by atoms with van der Waals surface area (Å²) in [5.41, 5.74) is 1.23. The van der Waals surface area contributed by atoms with Crippen molar-refractivity contribution in [2.24, 2.45) is 0 Å². The molecule has 148 valence electrons. The number of carboxylic acids is 1. The van der Waals surface area contributed by atoms with E-state index < -0.39 is 29.9 Å². The van der Waals surface area contributed by atoms with Gasteiger partial charge in [-0.1, -0.05) is 13.3 Å². The van der Waals surface area contributed by atoms with Crippen LogP contribution in [-0.2, 0) is 20.9 Å². The van der Waals surface area contributed by atoms with Crippen LogP contribution in [0.1, 0.15) is 58.9 Å². The minimum Gasteiger partial charge on any atom is -0.480 e. The minimum absolute atomic E-state index is 0.152. The number of hydrogen-bond acceptors (Lipinski definition) is 5. The first-order valence-corrected chi connectivity index (χ1v) is 9.13. The second-order valence-electron chi connectivity index (χ2n) is 6.92. The van der Waals surface area contributed by atoms with Crippen molar-refractivity contribution >= 4 is 29.6 Å². The molecule has 0 spiro atoms. The molecule has 0 bridgehead atoms. The van der Waals surface area contributed by atoms with Gasteiger partial charge in [0, 0.05) is 24.1 Å². The summed E-state index contributed by atoms with van der Waals surface area (Å²) < 4.78 is 0. The summed E-state index contributed by atoms with van der Waals surface area (Å²) in [5, 5.41) is 13.9. The topological polar surface area (TPSA) is 133 Å². The van der Waals surface area contributed by atoms with Gasteiger partial charge in [0.15, 0.2) is 0 Å². The summed E-state index contributed by atoms with van der Waals surface area (Å²) in [7, 11) is 0. The molecule has 2 aliphatic rings. The van der Waals surface area contributed by atoms with E-state index in [0.29, 0.717) is 24.0 Å². The number of carbonyl (C=O) groups is 5. The van der Waals surface area contributed by atoms with E-state index in [1.54, 1.807) is 6.07 Å². The number of imide groups is 1. The highest BCUT2D eigenvalue weighted by Crippen LogP contribution is 2.28. The summed E-state index contributed by atoms with van der Waals surface area (Å²) in [5.74, 6) is -2.82. The molecule has 0 radical (unpaired) electrons. The van der Waals surface area contributed by atoms with Gasteiger partial charge in [-0.25, -0.2) is 4.79 Å². The minimum atomic E-state index is -1.10. The van der Waals surface area contributed by atoms with E-state index in [9.17, 15) is 29.1 Å². The number of nitrogens with one attached hydrogen (secondary N) is 2. The SMILES string of the molecule is CCC[C@@H](NC(=O)c1ccc2c(c1)CN(C1CCC(=O)NC1=O)C2=O)C(=O)O. The Morgan fingerprint density at radius 3 is 2.71 bits per heavy atom. The van der Waals surface area contributed by atoms with Gasteiger partial charge in [0.2, 0.25) is 11.8 Å². The molecule has 1 saturated heterocycles. The molecular formula is C19H21N3O6. The monoisotopic (exact) mass is 387 g/mol. The molecule has 9 nitrogen and oxygen atoms in total. The zero-order valence-electron chi connectivity index (χ0n) is 15.4. The lowest BCUT2D eigenvalue weighted by atomic mass is 10.0. The van der Waals surface area contributed by atoms with Gasteiger partial charge < -0.3 is 15.3 Å². The van der Waals surface area contributed by atoms with Gasteiger partial charge in [0.1, 0.15) is 12.1 Å². The van der Waals surface area contributed by atoms with Crippen molar-refractivity contribution in [2.45, 2.75) is 51.2 Å². The summed E-state index contributed by atoms with van der Waals surface area (Å²) in [6, 6.07) is 2.81. The Morgan fingerprint density at radius 2 is 2.07 bits per heavy atom. The van der Waals surface area contributed by atoms with Crippen molar-refractivity contribution in [1.82, 2.24) is 15.5 Å². The summed E-state index contributed by atoms with van der Waals surface area (Å²) in [6.07, 6.45) is 1.35. The Kier molecular flexibility index (Phi) is 5.43. The van der Waals surface area contributed by atoms with Crippen molar-refractivity contribution in [3.05, 3.63) is 34.9 Å². The number of rotatable bonds is 6. The Morgan fingerprint density at radius 1 is 1.32 bits per heavy atom. The van der Waals surface area contributed by atoms with Crippen LogP contribution in [0.25, 0.3) is 0 Å². The number of piperidine rings is 1. The molecule has 1 aromatic rings. The largest absolute Gasteiger partial charge is 0.480 e. The maximum absolute atomic E-state index is 12.6. The van der Waals surface area contributed by atoms with E-state index in [1.165, 1.54) is 17.0 Å². The molecule has 0 aliphatic carbocycles. The third-order valence-electron chi connectivity index (χ3n) is 4.97. The van der Waals surface area contributed by atoms with Gasteiger partial charge in [0.05, 0.1) is 0 Å². The average molecular weight is 387 g/mol. The third kappa shape index (κ3) is 3.73. The number of carboxylic acid groups (broad SMARTS) is 1. The zero-order valence-corrected chi connectivity index (χ0v) is 15.4. The van der Waals surface area contributed by atoms with Crippen LogP contribution in [0, 0.1) is 0 Å². The standard InChI is InChI=1S/C19H21N3O6/c1-2-3-13(19(27)28)20-16(24)10-4-5-12-11(8-10)9-22(18(12)26)14-6-7-15(23)21-17(14)25/h4-5,8,13-14H,2-3,6-7,9H2,1H3,(H,20,24)(H,27,28)(H,21,23,25)/t13-,14?/m1/s1. The third-order valence-corrected chi connectivity index (χ3v) is 4.97. The number of hydrogen-bond donors (Lipinski definition) is 3. The molecule has 2 heterocycles. The fourth-order valence-corrected chi connectivity index (χ4v) is 3.50. The Labute approximate surface area is 161 Å². The van der Waals surface area contributed by atoms with Crippen molar-refractivity contribution < 1.29 is 29.1 Å². The maximum Gasteiger partial charge on any atom is 0.326 e. The molecule has 1 aromatic carbocycles. The number of aliphatic carboxylic acids is 1. The quantitative estimate of drug-likeness (QED) is 0.606. The number of fused-ring (bicyclic) bond motifs is 1. The summed E-state index contributed by atoms with van der Waals surface area (Å²) in [4.78, 5) is 61.1. The molecule has 3 N–H and O–H groups in total. The molecule has 28 heavy (non-hydrogen) atoms. The molecular weight excluding hydrogens is 366 g/mol. The van der Waals surface area contributed by atoms with Crippen LogP contribution in [0.5, 0.6) is 0 Å². The average Bonchev–Trinajstić information content (AvgIpc) is 2.97. The van der Waals surface area contributed by atoms with Gasteiger partial charge in [-0.3, -0.25) is 24.5 Å². The fourth-order valence-electron chi connectivity index (χ4n) is 3.50. The first-order chi connectivity index (χ1) is 13.3. The predicted octanol–water partition coefficient (Wildman–Crippen LogP) is 0.431. The van der Waals surface area contributed by atoms with Crippen LogP contribution in [0.2, 0.25) is 0 Å². The second kappa shape index (κ2) is 7.79. The van der Waals surface area contributed by atoms with Crippen molar-refractivity contribution in [2.75, 3.05) is 0 Å². The number of carbonyl (C=O) groups excluding carboxylic acids is 4. The predicted molar refractivity (Wildman–Crippen MR) is 96.3 cm³/mol. The van der Waals surface area contributed by atoms with Crippen LogP contribution >= 0.6 is 0 Å². The molecule has 1 fully saturated rings. The van der Waals surface area contributed by atoms with Gasteiger partial charge >= 0.3 is 5.97 Å². The maximum atomic E-state index is 12.6. The van der Waals surface area contributed by atoms with E-state index in [0.717, 1.165) is 0 Å². The molecule has 9 heteroatoms. The van der Waals surface area contributed by atoms with Crippen LogP contribution in [-0.4, -0.2) is 51.7 Å². The molecule has 3 rings (SSSR count). The van der Waals surface area contributed by atoms with E-state index in [2.05, 4.69) is 10.6 Å². The Bertz CT molecular complexity index is 865. The second-order valence-corrected chi connectivity index (χ2v) is 6.92. The normalized spacial score (nSPS) is 19.8. The highest BCUT2D eigenvalue weighted by Gasteiger charge is 2.39. The molecule has 2 atom stereocenters. The highest BCUT2D eigenvalue weighted by molar-refractivity contribution is 6.06.